The van der Waals surface area contributed by atoms with E-state index >= 15 is 0 Å². The molecule has 1 aromatic heterocycles. The van der Waals surface area contributed by atoms with Gasteiger partial charge in [0.1, 0.15) is 5.75 Å². The monoisotopic (exact) mass is 291 g/mol. The minimum Gasteiger partial charge on any atom is -0.480 e. The Labute approximate surface area is 119 Å². The van der Waals surface area contributed by atoms with Crippen LogP contribution in [0.2, 0.25) is 0 Å². The maximum atomic E-state index is 12.1. The zero-order valence-corrected chi connectivity index (χ0v) is 11.6. The summed E-state index contributed by atoms with van der Waals surface area (Å²) in [6.45, 7) is 1.41. The Hall–Kier alpha value is -2.34. The van der Waals surface area contributed by atoms with Crippen molar-refractivity contribution in [3.05, 3.63) is 46.2 Å². The number of rotatable bonds is 5. The van der Waals surface area contributed by atoms with Crippen LogP contribution in [-0.2, 0) is 4.79 Å². The van der Waals surface area contributed by atoms with Crippen LogP contribution in [0.3, 0.4) is 0 Å². The Morgan fingerprint density at radius 3 is 2.70 bits per heavy atom. The van der Waals surface area contributed by atoms with Gasteiger partial charge in [-0.3, -0.25) is 4.79 Å². The molecule has 0 unspecified atom stereocenters. The number of thiophene rings is 1. The van der Waals surface area contributed by atoms with E-state index in [4.69, 9.17) is 9.84 Å². The van der Waals surface area contributed by atoms with Crippen molar-refractivity contribution in [2.45, 2.75) is 6.92 Å². The summed E-state index contributed by atoms with van der Waals surface area (Å²) < 4.78 is 5.14. The zero-order chi connectivity index (χ0) is 14.5. The number of anilines is 1. The van der Waals surface area contributed by atoms with Gasteiger partial charge in [0, 0.05) is 0 Å². The highest BCUT2D eigenvalue weighted by atomic mass is 32.1. The lowest BCUT2D eigenvalue weighted by Gasteiger charge is -2.10. The molecule has 0 fully saturated rings. The molecule has 6 heteroatoms. The number of aliphatic carboxylic acids is 1. The second kappa shape index (κ2) is 6.21. The molecule has 1 amide bonds. The Bertz CT molecular complexity index is 636. The first-order valence-corrected chi connectivity index (χ1v) is 6.75. The second-order valence-electron chi connectivity index (χ2n) is 4.07. The number of carbonyl (C=O) groups excluding carboxylic acids is 1. The summed E-state index contributed by atoms with van der Waals surface area (Å²) in [5.74, 6) is -0.971. The Kier molecular flexibility index (Phi) is 4.37. The van der Waals surface area contributed by atoms with Crippen molar-refractivity contribution < 1.29 is 19.4 Å². The number of carboxylic acids is 1. The molecule has 20 heavy (non-hydrogen) atoms. The van der Waals surface area contributed by atoms with Crippen LogP contribution in [0.25, 0.3) is 0 Å². The summed E-state index contributed by atoms with van der Waals surface area (Å²) in [4.78, 5) is 23.3. The Balaban J connectivity index is 2.15. The highest BCUT2D eigenvalue weighted by molar-refractivity contribution is 7.12. The maximum Gasteiger partial charge on any atom is 0.341 e. The van der Waals surface area contributed by atoms with Crippen LogP contribution >= 0.6 is 11.3 Å². The fourth-order valence-corrected chi connectivity index (χ4v) is 2.44. The largest absolute Gasteiger partial charge is 0.480 e. The van der Waals surface area contributed by atoms with Crippen LogP contribution in [-0.4, -0.2) is 23.6 Å². The smallest absolute Gasteiger partial charge is 0.341 e. The summed E-state index contributed by atoms with van der Waals surface area (Å²) in [5, 5.41) is 13.2. The lowest BCUT2D eigenvalue weighted by molar-refractivity contribution is -0.139. The number of benzene rings is 1. The van der Waals surface area contributed by atoms with E-state index in [1.54, 1.807) is 24.3 Å². The molecule has 0 saturated heterocycles. The Morgan fingerprint density at radius 2 is 2.05 bits per heavy atom. The number of para-hydroxylation sites is 2. The third kappa shape index (κ3) is 3.36. The van der Waals surface area contributed by atoms with Crippen molar-refractivity contribution in [1.82, 2.24) is 0 Å². The number of hydrogen-bond donors (Lipinski definition) is 2. The van der Waals surface area contributed by atoms with E-state index in [0.29, 0.717) is 16.3 Å². The van der Waals surface area contributed by atoms with E-state index in [2.05, 4.69) is 5.32 Å². The molecule has 1 heterocycles. The first kappa shape index (κ1) is 14.1. The first-order chi connectivity index (χ1) is 9.58. The van der Waals surface area contributed by atoms with E-state index in [9.17, 15) is 9.59 Å². The number of carboxylic acid groups (broad SMARTS) is 1. The predicted molar refractivity (Wildman–Crippen MR) is 76.6 cm³/mol. The van der Waals surface area contributed by atoms with Crippen LogP contribution < -0.4 is 10.1 Å². The Morgan fingerprint density at radius 1 is 1.30 bits per heavy atom. The molecule has 2 N–H and O–H groups in total. The average molecular weight is 291 g/mol. The van der Waals surface area contributed by atoms with Gasteiger partial charge in [-0.25, -0.2) is 4.79 Å². The van der Waals surface area contributed by atoms with E-state index in [-0.39, 0.29) is 5.91 Å². The molecule has 0 spiro atoms. The van der Waals surface area contributed by atoms with Gasteiger partial charge in [0.05, 0.1) is 10.6 Å². The maximum absolute atomic E-state index is 12.1. The molecule has 1 aromatic carbocycles. The van der Waals surface area contributed by atoms with Gasteiger partial charge >= 0.3 is 5.97 Å². The standard InChI is InChI=1S/C14H13NO4S/c1-9-6-7-20-13(9)14(18)15-10-4-2-3-5-11(10)19-8-12(16)17/h2-7H,8H2,1H3,(H,15,18)(H,16,17). The van der Waals surface area contributed by atoms with Gasteiger partial charge in [-0.1, -0.05) is 12.1 Å². The molecular formula is C14H13NO4S. The van der Waals surface area contributed by atoms with Gasteiger partial charge in [-0.2, -0.15) is 0 Å². The van der Waals surface area contributed by atoms with Crippen LogP contribution in [0.15, 0.2) is 35.7 Å². The lowest BCUT2D eigenvalue weighted by atomic mass is 10.2. The molecule has 0 saturated carbocycles. The number of hydrogen-bond acceptors (Lipinski definition) is 4. The average Bonchev–Trinajstić information content (AvgIpc) is 2.84. The third-order valence-corrected chi connectivity index (χ3v) is 3.57. The van der Waals surface area contributed by atoms with Gasteiger partial charge < -0.3 is 15.2 Å². The lowest BCUT2D eigenvalue weighted by Crippen LogP contribution is -2.14. The summed E-state index contributed by atoms with van der Waals surface area (Å²) in [7, 11) is 0. The number of aryl methyl sites for hydroxylation is 1. The van der Waals surface area contributed by atoms with Crippen molar-refractivity contribution in [3.63, 3.8) is 0 Å². The second-order valence-corrected chi connectivity index (χ2v) is 4.98. The van der Waals surface area contributed by atoms with Gasteiger partial charge in [0.25, 0.3) is 5.91 Å². The summed E-state index contributed by atoms with van der Waals surface area (Å²) in [5.41, 5.74) is 1.35. The zero-order valence-electron chi connectivity index (χ0n) is 10.8. The molecule has 2 aromatic rings. The molecule has 0 radical (unpaired) electrons. The third-order valence-electron chi connectivity index (χ3n) is 2.55. The van der Waals surface area contributed by atoms with Crippen LogP contribution in [0.1, 0.15) is 15.2 Å². The number of amides is 1. The summed E-state index contributed by atoms with van der Waals surface area (Å²) in [6, 6.07) is 8.60. The van der Waals surface area contributed by atoms with E-state index < -0.39 is 12.6 Å². The minimum atomic E-state index is -1.07. The van der Waals surface area contributed by atoms with Crippen molar-refractivity contribution >= 4 is 28.9 Å². The topological polar surface area (TPSA) is 75.6 Å². The number of ether oxygens (including phenoxy) is 1. The molecule has 0 bridgehead atoms. The van der Waals surface area contributed by atoms with Gasteiger partial charge in [-0.15, -0.1) is 11.3 Å². The molecule has 5 nitrogen and oxygen atoms in total. The highest BCUT2D eigenvalue weighted by Gasteiger charge is 2.13. The number of nitrogens with one attached hydrogen (secondary N) is 1. The highest BCUT2D eigenvalue weighted by Crippen LogP contribution is 2.25. The first-order valence-electron chi connectivity index (χ1n) is 5.87. The van der Waals surface area contributed by atoms with E-state index in [0.717, 1.165) is 5.56 Å². The summed E-state index contributed by atoms with van der Waals surface area (Å²) in [6.07, 6.45) is 0. The van der Waals surface area contributed by atoms with E-state index in [1.807, 2.05) is 18.4 Å². The van der Waals surface area contributed by atoms with E-state index in [1.165, 1.54) is 11.3 Å². The molecule has 104 valence electrons. The molecule has 0 atom stereocenters. The van der Waals surface area contributed by atoms with Crippen LogP contribution in [0, 0.1) is 6.92 Å². The fourth-order valence-electron chi connectivity index (χ4n) is 1.62. The quantitative estimate of drug-likeness (QED) is 0.888. The van der Waals surface area contributed by atoms with Crippen LogP contribution in [0.4, 0.5) is 5.69 Å². The molecule has 2 rings (SSSR count). The molecule has 0 aliphatic rings. The van der Waals surface area contributed by atoms with Crippen molar-refractivity contribution in [2.24, 2.45) is 0 Å². The van der Waals surface area contributed by atoms with Crippen LogP contribution in [0.5, 0.6) is 5.75 Å². The normalized spacial score (nSPS) is 10.1. The minimum absolute atomic E-state index is 0.233. The van der Waals surface area contributed by atoms with Gasteiger partial charge in [-0.05, 0) is 36.1 Å². The van der Waals surface area contributed by atoms with Crippen molar-refractivity contribution in [2.75, 3.05) is 11.9 Å². The number of carbonyl (C=O) groups is 2. The summed E-state index contributed by atoms with van der Waals surface area (Å²) >= 11 is 1.35. The van der Waals surface area contributed by atoms with Gasteiger partial charge in [0.15, 0.2) is 6.61 Å². The van der Waals surface area contributed by atoms with Crippen molar-refractivity contribution in [3.8, 4) is 5.75 Å². The van der Waals surface area contributed by atoms with Gasteiger partial charge in [0.2, 0.25) is 0 Å². The fraction of sp³-hybridized carbons (Fsp3) is 0.143. The molecule has 0 aliphatic carbocycles. The van der Waals surface area contributed by atoms with Crippen molar-refractivity contribution in [1.29, 1.82) is 0 Å². The SMILES string of the molecule is Cc1ccsc1C(=O)Nc1ccccc1OCC(=O)O. The molecule has 0 aliphatic heterocycles. The predicted octanol–water partition coefficient (Wildman–Crippen LogP) is 2.77. The molecular weight excluding hydrogens is 278 g/mol.